The summed E-state index contributed by atoms with van der Waals surface area (Å²) >= 11 is 0. The molecule has 2 aromatic rings. The number of halogens is 1. The molecule has 2 rings (SSSR count). The predicted molar refractivity (Wildman–Crippen MR) is 93.9 cm³/mol. The molecular weight excluding hydrogens is 345 g/mol. The smallest absolute Gasteiger partial charge is 0.225 e. The van der Waals surface area contributed by atoms with Gasteiger partial charge in [-0.15, -0.1) is 0 Å². The zero-order chi connectivity index (χ0) is 18.6. The molecule has 1 atom stereocenters. The maximum atomic E-state index is 13.0. The van der Waals surface area contributed by atoms with Gasteiger partial charge in [0, 0.05) is 6.42 Å². The molecule has 0 bridgehead atoms. The summed E-state index contributed by atoms with van der Waals surface area (Å²) in [5, 5.41) is 12.4. The lowest BCUT2D eigenvalue weighted by Gasteiger charge is -2.13. The summed E-state index contributed by atoms with van der Waals surface area (Å²) in [5.41, 5.74) is 0.855. The molecule has 1 unspecified atom stereocenters. The van der Waals surface area contributed by atoms with Crippen molar-refractivity contribution in [3.8, 4) is 5.75 Å². The fraction of sp³-hybridized carbons (Fsp3) is 0.278. The lowest BCUT2D eigenvalue weighted by molar-refractivity contribution is -0.116. The molecule has 2 aromatic carbocycles. The highest BCUT2D eigenvalue weighted by atomic mass is 32.2. The van der Waals surface area contributed by atoms with Crippen molar-refractivity contribution in [1.82, 2.24) is 0 Å². The number of amides is 1. The molecule has 0 fully saturated rings. The van der Waals surface area contributed by atoms with Gasteiger partial charge in [-0.1, -0.05) is 26.0 Å². The van der Waals surface area contributed by atoms with Crippen molar-refractivity contribution in [3.05, 3.63) is 53.8 Å². The third-order valence-corrected chi connectivity index (χ3v) is 5.64. The quantitative estimate of drug-likeness (QED) is 0.768. The Morgan fingerprint density at radius 2 is 1.84 bits per heavy atom. The Kier molecular flexibility index (Phi) is 5.79. The van der Waals surface area contributed by atoms with Gasteiger partial charge in [-0.2, -0.15) is 0 Å². The highest BCUT2D eigenvalue weighted by Gasteiger charge is 2.17. The topological polar surface area (TPSA) is 83.5 Å². The Hall–Kier alpha value is -2.41. The van der Waals surface area contributed by atoms with Crippen LogP contribution >= 0.6 is 0 Å². The first-order chi connectivity index (χ1) is 11.7. The first kappa shape index (κ1) is 18.9. The Morgan fingerprint density at radius 1 is 1.20 bits per heavy atom. The standard InChI is InChI=1S/C18H20FNO4S/c1-3-25(23,24)15-8-9-17(21)16(11-15)20-18(22)10-12(2)13-4-6-14(19)7-5-13/h4-9,11-12,21H,3,10H2,1-2H3,(H,20,22). The van der Waals surface area contributed by atoms with Crippen LogP contribution < -0.4 is 5.32 Å². The lowest BCUT2D eigenvalue weighted by atomic mass is 9.97. The van der Waals surface area contributed by atoms with Crippen LogP contribution in [0.1, 0.15) is 31.7 Å². The van der Waals surface area contributed by atoms with Gasteiger partial charge in [0.2, 0.25) is 5.91 Å². The highest BCUT2D eigenvalue weighted by molar-refractivity contribution is 7.91. The van der Waals surface area contributed by atoms with Crippen LogP contribution in [0.2, 0.25) is 0 Å². The maximum Gasteiger partial charge on any atom is 0.225 e. The van der Waals surface area contributed by atoms with E-state index >= 15 is 0 Å². The van der Waals surface area contributed by atoms with Crippen LogP contribution in [0.25, 0.3) is 0 Å². The maximum absolute atomic E-state index is 13.0. The van der Waals surface area contributed by atoms with E-state index in [1.54, 1.807) is 12.1 Å². The molecule has 0 aromatic heterocycles. The van der Waals surface area contributed by atoms with Gasteiger partial charge in [-0.3, -0.25) is 4.79 Å². The van der Waals surface area contributed by atoms with Crippen LogP contribution in [0.5, 0.6) is 5.75 Å². The molecule has 0 aliphatic heterocycles. The highest BCUT2D eigenvalue weighted by Crippen LogP contribution is 2.28. The normalized spacial score (nSPS) is 12.6. The van der Waals surface area contributed by atoms with E-state index in [0.29, 0.717) is 0 Å². The van der Waals surface area contributed by atoms with Crippen LogP contribution in [0, 0.1) is 5.82 Å². The number of hydrogen-bond acceptors (Lipinski definition) is 4. The minimum absolute atomic E-state index is 0.0367. The van der Waals surface area contributed by atoms with Crippen LogP contribution in [0.15, 0.2) is 47.4 Å². The van der Waals surface area contributed by atoms with E-state index in [4.69, 9.17) is 0 Å². The molecule has 0 saturated heterocycles. The second-order valence-corrected chi connectivity index (χ2v) is 8.07. The van der Waals surface area contributed by atoms with Gasteiger partial charge in [-0.05, 0) is 41.8 Å². The van der Waals surface area contributed by atoms with Crippen molar-refractivity contribution >= 4 is 21.4 Å². The predicted octanol–water partition coefficient (Wildman–Crippen LogP) is 3.46. The SMILES string of the molecule is CCS(=O)(=O)c1ccc(O)c(NC(=O)CC(C)c2ccc(F)cc2)c1. The average molecular weight is 365 g/mol. The number of nitrogens with one attached hydrogen (secondary N) is 1. The molecule has 1 amide bonds. The van der Waals surface area contributed by atoms with Crippen LogP contribution in [0.4, 0.5) is 10.1 Å². The number of phenols is 1. The molecule has 0 aliphatic carbocycles. The first-order valence-electron chi connectivity index (χ1n) is 7.84. The summed E-state index contributed by atoms with van der Waals surface area (Å²) in [6, 6.07) is 9.66. The van der Waals surface area contributed by atoms with Gasteiger partial charge < -0.3 is 10.4 Å². The molecule has 25 heavy (non-hydrogen) atoms. The molecule has 0 radical (unpaired) electrons. The lowest BCUT2D eigenvalue weighted by Crippen LogP contribution is -2.15. The van der Waals surface area contributed by atoms with Gasteiger partial charge in [0.15, 0.2) is 9.84 Å². The number of phenolic OH excluding ortho intramolecular Hbond substituents is 1. The number of aromatic hydroxyl groups is 1. The molecule has 5 nitrogen and oxygen atoms in total. The second kappa shape index (κ2) is 7.65. The fourth-order valence-electron chi connectivity index (χ4n) is 2.36. The van der Waals surface area contributed by atoms with Crippen molar-refractivity contribution in [3.63, 3.8) is 0 Å². The Labute approximate surface area is 146 Å². The number of carbonyl (C=O) groups excluding carboxylic acids is 1. The van der Waals surface area contributed by atoms with E-state index in [1.807, 2.05) is 6.92 Å². The third kappa shape index (κ3) is 4.79. The van der Waals surface area contributed by atoms with E-state index in [-0.39, 0.29) is 46.1 Å². The molecule has 2 N–H and O–H groups in total. The van der Waals surface area contributed by atoms with Crippen LogP contribution in [-0.4, -0.2) is 25.2 Å². The molecule has 0 heterocycles. The van der Waals surface area contributed by atoms with Crippen molar-refractivity contribution in [1.29, 1.82) is 0 Å². The van der Waals surface area contributed by atoms with Gasteiger partial charge in [0.05, 0.1) is 16.3 Å². The monoisotopic (exact) mass is 365 g/mol. The van der Waals surface area contributed by atoms with E-state index in [2.05, 4.69) is 5.32 Å². The summed E-state index contributed by atoms with van der Waals surface area (Å²) in [4.78, 5) is 12.2. The summed E-state index contributed by atoms with van der Waals surface area (Å²) in [7, 11) is -3.44. The zero-order valence-corrected chi connectivity index (χ0v) is 14.8. The van der Waals surface area contributed by atoms with Crippen molar-refractivity contribution in [2.45, 2.75) is 31.1 Å². The largest absolute Gasteiger partial charge is 0.506 e. The third-order valence-electron chi connectivity index (χ3n) is 3.91. The summed E-state index contributed by atoms with van der Waals surface area (Å²) < 4.78 is 36.8. The molecule has 134 valence electrons. The molecule has 0 spiro atoms. The number of hydrogen-bond donors (Lipinski definition) is 2. The van der Waals surface area contributed by atoms with E-state index in [9.17, 15) is 22.7 Å². The summed E-state index contributed by atoms with van der Waals surface area (Å²) in [5.74, 6) is -1.17. The molecule has 0 saturated carbocycles. The number of anilines is 1. The minimum atomic E-state index is -3.44. The Morgan fingerprint density at radius 3 is 2.44 bits per heavy atom. The first-order valence-corrected chi connectivity index (χ1v) is 9.49. The Balaban J connectivity index is 2.12. The average Bonchev–Trinajstić information content (AvgIpc) is 2.57. The number of sulfone groups is 1. The van der Waals surface area contributed by atoms with Gasteiger partial charge in [0.1, 0.15) is 11.6 Å². The number of benzene rings is 2. The second-order valence-electron chi connectivity index (χ2n) is 5.79. The number of rotatable bonds is 6. The fourth-order valence-corrected chi connectivity index (χ4v) is 3.27. The molecule has 0 aliphatic rings. The van der Waals surface area contributed by atoms with E-state index in [0.717, 1.165) is 5.56 Å². The van der Waals surface area contributed by atoms with Crippen molar-refractivity contribution in [2.24, 2.45) is 0 Å². The van der Waals surface area contributed by atoms with Crippen LogP contribution in [-0.2, 0) is 14.6 Å². The summed E-state index contributed by atoms with van der Waals surface area (Å²) in [6.07, 6.45) is 0.107. The van der Waals surface area contributed by atoms with E-state index in [1.165, 1.54) is 37.3 Å². The number of carbonyl (C=O) groups is 1. The Bertz CT molecular complexity index is 863. The van der Waals surface area contributed by atoms with Gasteiger partial charge in [0.25, 0.3) is 0 Å². The van der Waals surface area contributed by atoms with Gasteiger partial charge >= 0.3 is 0 Å². The minimum Gasteiger partial charge on any atom is -0.506 e. The van der Waals surface area contributed by atoms with Crippen molar-refractivity contribution < 1.29 is 22.7 Å². The van der Waals surface area contributed by atoms with Crippen molar-refractivity contribution in [2.75, 3.05) is 11.1 Å². The zero-order valence-electron chi connectivity index (χ0n) is 14.0. The molecular formula is C18H20FNO4S. The van der Waals surface area contributed by atoms with Crippen LogP contribution in [0.3, 0.4) is 0 Å². The summed E-state index contributed by atoms with van der Waals surface area (Å²) in [6.45, 7) is 3.34. The molecule has 7 heteroatoms. The van der Waals surface area contributed by atoms with E-state index < -0.39 is 9.84 Å². The van der Waals surface area contributed by atoms with Gasteiger partial charge in [-0.25, -0.2) is 12.8 Å².